The number of pyridine rings is 1. The fourth-order valence-corrected chi connectivity index (χ4v) is 2.18. The highest BCUT2D eigenvalue weighted by Gasteiger charge is 2.27. The van der Waals surface area contributed by atoms with Crippen molar-refractivity contribution in [2.75, 3.05) is 33.5 Å². The summed E-state index contributed by atoms with van der Waals surface area (Å²) in [5.74, 6) is -0.191. The fraction of sp³-hybridized carbons (Fsp3) is 0.500. The molecule has 8 heteroatoms. The molecule has 0 spiro atoms. The maximum atomic E-state index is 12.5. The topological polar surface area (TPSA) is 101 Å². The molecule has 1 aromatic rings. The first-order valence-corrected chi connectivity index (χ1v) is 6.92. The van der Waals surface area contributed by atoms with Gasteiger partial charge in [0.25, 0.3) is 5.91 Å². The minimum atomic E-state index is -0.563. The van der Waals surface area contributed by atoms with Gasteiger partial charge in [-0.3, -0.25) is 9.78 Å². The van der Waals surface area contributed by atoms with Gasteiger partial charge in [0, 0.05) is 18.3 Å². The van der Waals surface area contributed by atoms with Gasteiger partial charge in [0.05, 0.1) is 45.2 Å². The van der Waals surface area contributed by atoms with Gasteiger partial charge in [-0.25, -0.2) is 4.79 Å². The van der Waals surface area contributed by atoms with E-state index in [1.807, 2.05) is 0 Å². The molecule has 2 heterocycles. The van der Waals surface area contributed by atoms with E-state index >= 15 is 0 Å². The van der Waals surface area contributed by atoms with Crippen LogP contribution in [-0.4, -0.2) is 66.5 Å². The fourth-order valence-electron chi connectivity index (χ4n) is 2.18. The molecule has 1 aliphatic rings. The Morgan fingerprint density at radius 2 is 2.41 bits per heavy atom. The van der Waals surface area contributed by atoms with E-state index in [2.05, 4.69) is 15.0 Å². The quantitative estimate of drug-likeness (QED) is 0.797. The molecule has 0 aliphatic carbocycles. The first-order chi connectivity index (χ1) is 10.7. The van der Waals surface area contributed by atoms with Crippen molar-refractivity contribution in [1.29, 1.82) is 0 Å². The Balaban J connectivity index is 2.07. The normalized spacial score (nSPS) is 17.9. The van der Waals surface area contributed by atoms with Gasteiger partial charge in [-0.15, -0.1) is 0 Å². The summed E-state index contributed by atoms with van der Waals surface area (Å²) >= 11 is 0. The number of hydrogen-bond donors (Lipinski definition) is 2. The Morgan fingerprint density at radius 1 is 1.59 bits per heavy atom. The number of amides is 2. The predicted octanol–water partition coefficient (Wildman–Crippen LogP) is -0.229. The summed E-state index contributed by atoms with van der Waals surface area (Å²) in [6, 6.07) is 2.88. The molecule has 0 saturated carbocycles. The van der Waals surface area contributed by atoms with Crippen molar-refractivity contribution in [3.8, 4) is 0 Å². The van der Waals surface area contributed by atoms with E-state index in [4.69, 9.17) is 4.74 Å². The molecule has 0 aromatic carbocycles. The molecule has 120 valence electrons. The molecule has 1 saturated heterocycles. The number of methoxy groups -OCH3 is 1. The highest BCUT2D eigenvalue weighted by atomic mass is 16.5. The van der Waals surface area contributed by atoms with Crippen LogP contribution >= 0.6 is 0 Å². The van der Waals surface area contributed by atoms with Gasteiger partial charge in [-0.2, -0.15) is 0 Å². The molecule has 1 unspecified atom stereocenters. The molecule has 1 aliphatic heterocycles. The lowest BCUT2D eigenvalue weighted by atomic mass is 10.1. The number of carbonyl (C=O) groups is 2. The Bertz CT molecular complexity index is 537. The number of nitrogens with zero attached hydrogens (tertiary/aromatic N) is 2. The lowest BCUT2D eigenvalue weighted by molar-refractivity contribution is -0.0184. The average molecular weight is 309 g/mol. The van der Waals surface area contributed by atoms with Crippen molar-refractivity contribution < 1.29 is 24.2 Å². The molecule has 0 radical (unpaired) electrons. The number of rotatable bonds is 4. The van der Waals surface area contributed by atoms with E-state index in [1.54, 1.807) is 17.0 Å². The number of ether oxygens (including phenoxy) is 2. The zero-order valence-corrected chi connectivity index (χ0v) is 12.3. The maximum Gasteiger partial charge on any atom is 0.407 e. The SMILES string of the molecule is COC(=O)NCc1cc(C(=O)N2CCOCC2CO)ccn1. The van der Waals surface area contributed by atoms with Crippen LogP contribution in [0.1, 0.15) is 16.1 Å². The lowest BCUT2D eigenvalue weighted by Gasteiger charge is -2.34. The monoisotopic (exact) mass is 309 g/mol. The second-order valence-corrected chi connectivity index (χ2v) is 4.79. The van der Waals surface area contributed by atoms with Crippen LogP contribution in [0, 0.1) is 0 Å². The molecule has 0 bridgehead atoms. The number of aromatic nitrogens is 1. The molecular formula is C14H19N3O5. The zero-order chi connectivity index (χ0) is 15.9. The smallest absolute Gasteiger partial charge is 0.407 e. The van der Waals surface area contributed by atoms with Crippen LogP contribution in [0.5, 0.6) is 0 Å². The Kier molecular flexibility index (Phi) is 5.68. The molecule has 22 heavy (non-hydrogen) atoms. The molecule has 1 aromatic heterocycles. The molecule has 1 atom stereocenters. The lowest BCUT2D eigenvalue weighted by Crippen LogP contribution is -2.50. The summed E-state index contributed by atoms with van der Waals surface area (Å²) in [6.45, 7) is 1.23. The second kappa shape index (κ2) is 7.71. The maximum absolute atomic E-state index is 12.5. The van der Waals surface area contributed by atoms with Crippen molar-refractivity contribution in [3.05, 3.63) is 29.6 Å². The molecule has 2 N–H and O–H groups in total. The van der Waals surface area contributed by atoms with E-state index < -0.39 is 6.09 Å². The standard InChI is InChI=1S/C14H19N3O5/c1-21-14(20)16-7-11-6-10(2-3-15-11)13(19)17-4-5-22-9-12(17)8-18/h2-3,6,12,18H,4-5,7-9H2,1H3,(H,16,20). The number of aliphatic hydroxyl groups excluding tert-OH is 1. The summed E-state index contributed by atoms with van der Waals surface area (Å²) in [7, 11) is 1.27. The van der Waals surface area contributed by atoms with Crippen LogP contribution < -0.4 is 5.32 Å². The first kappa shape index (κ1) is 16.2. The predicted molar refractivity (Wildman–Crippen MR) is 76.2 cm³/mol. The van der Waals surface area contributed by atoms with E-state index in [9.17, 15) is 14.7 Å². The van der Waals surface area contributed by atoms with E-state index in [0.29, 0.717) is 31.0 Å². The number of nitrogens with one attached hydrogen (secondary N) is 1. The van der Waals surface area contributed by atoms with Crippen LogP contribution in [-0.2, 0) is 16.0 Å². The molecule has 8 nitrogen and oxygen atoms in total. The van der Waals surface area contributed by atoms with Crippen LogP contribution in [0.4, 0.5) is 4.79 Å². The van der Waals surface area contributed by atoms with Gasteiger partial charge < -0.3 is 24.8 Å². The number of hydrogen-bond acceptors (Lipinski definition) is 6. The molecule has 1 fully saturated rings. The molecule has 2 rings (SSSR count). The van der Waals surface area contributed by atoms with Gasteiger partial charge in [-0.1, -0.05) is 0 Å². The Morgan fingerprint density at radius 3 is 3.14 bits per heavy atom. The van der Waals surface area contributed by atoms with Crippen molar-refractivity contribution >= 4 is 12.0 Å². The first-order valence-electron chi connectivity index (χ1n) is 6.92. The summed E-state index contributed by atoms with van der Waals surface area (Å²) in [5.41, 5.74) is 1.00. The third-order valence-corrected chi connectivity index (χ3v) is 3.36. The van der Waals surface area contributed by atoms with Crippen molar-refractivity contribution in [3.63, 3.8) is 0 Å². The molecule has 2 amide bonds. The highest BCUT2D eigenvalue weighted by Crippen LogP contribution is 2.13. The van der Waals surface area contributed by atoms with Crippen LogP contribution in [0.2, 0.25) is 0 Å². The van der Waals surface area contributed by atoms with Gasteiger partial charge in [0.15, 0.2) is 0 Å². The average Bonchev–Trinajstić information content (AvgIpc) is 2.59. The number of morpholine rings is 1. The summed E-state index contributed by atoms with van der Waals surface area (Å²) in [5, 5.41) is 11.8. The van der Waals surface area contributed by atoms with Crippen molar-refractivity contribution in [2.45, 2.75) is 12.6 Å². The van der Waals surface area contributed by atoms with E-state index in [1.165, 1.54) is 13.3 Å². The summed E-state index contributed by atoms with van der Waals surface area (Å²) in [4.78, 5) is 29.3. The minimum Gasteiger partial charge on any atom is -0.453 e. The van der Waals surface area contributed by atoms with Crippen molar-refractivity contribution in [1.82, 2.24) is 15.2 Å². The summed E-state index contributed by atoms with van der Waals surface area (Å²) < 4.78 is 9.74. The second-order valence-electron chi connectivity index (χ2n) is 4.79. The van der Waals surface area contributed by atoms with Crippen LogP contribution in [0.15, 0.2) is 18.3 Å². The third kappa shape index (κ3) is 3.92. The zero-order valence-electron chi connectivity index (χ0n) is 12.3. The van der Waals surface area contributed by atoms with Crippen LogP contribution in [0.3, 0.4) is 0 Å². The van der Waals surface area contributed by atoms with Crippen LogP contribution in [0.25, 0.3) is 0 Å². The Labute approximate surface area is 128 Å². The highest BCUT2D eigenvalue weighted by molar-refractivity contribution is 5.94. The molecular weight excluding hydrogens is 290 g/mol. The summed E-state index contributed by atoms with van der Waals surface area (Å²) in [6.07, 6.45) is 0.947. The number of carbonyl (C=O) groups excluding carboxylic acids is 2. The Hall–Kier alpha value is -2.19. The van der Waals surface area contributed by atoms with Gasteiger partial charge >= 0.3 is 6.09 Å². The van der Waals surface area contributed by atoms with Gasteiger partial charge in [-0.05, 0) is 12.1 Å². The van der Waals surface area contributed by atoms with Gasteiger partial charge in [0.1, 0.15) is 0 Å². The van der Waals surface area contributed by atoms with E-state index in [-0.39, 0.29) is 25.1 Å². The van der Waals surface area contributed by atoms with Gasteiger partial charge in [0.2, 0.25) is 0 Å². The minimum absolute atomic E-state index is 0.145. The largest absolute Gasteiger partial charge is 0.453 e. The van der Waals surface area contributed by atoms with E-state index in [0.717, 1.165) is 0 Å². The third-order valence-electron chi connectivity index (χ3n) is 3.36. The van der Waals surface area contributed by atoms with Crippen molar-refractivity contribution in [2.24, 2.45) is 0 Å². The number of alkyl carbamates (subject to hydrolysis) is 1. The number of aliphatic hydroxyl groups is 1.